The highest BCUT2D eigenvalue weighted by Crippen LogP contribution is 2.15. The summed E-state index contributed by atoms with van der Waals surface area (Å²) >= 11 is 5.41. The van der Waals surface area contributed by atoms with E-state index in [4.69, 9.17) is 21.1 Å². The van der Waals surface area contributed by atoms with Gasteiger partial charge in [0.1, 0.15) is 12.2 Å². The molecule has 1 N–H and O–H groups in total. The van der Waals surface area contributed by atoms with Crippen LogP contribution >= 0.6 is 11.6 Å². The number of likely N-dealkylation sites (tertiary alicyclic amines) is 1. The van der Waals surface area contributed by atoms with Crippen molar-refractivity contribution in [1.29, 1.82) is 0 Å². The molecule has 1 aliphatic heterocycles. The van der Waals surface area contributed by atoms with Crippen molar-refractivity contribution in [2.45, 2.75) is 18.6 Å². The van der Waals surface area contributed by atoms with Gasteiger partial charge in [-0.1, -0.05) is 0 Å². The standard InChI is InChI=1S/C10H17ClN2O4/c1-16-7-5-13(6-8(7)17-2)10(15)12-9(14)3-4-11/h7-8H,3-6H2,1-2H3,(H,12,14,15). The first-order chi connectivity index (χ1) is 8.12. The Kier molecular flexibility index (Phi) is 5.67. The van der Waals surface area contributed by atoms with Crippen LogP contribution in [0.4, 0.5) is 4.79 Å². The highest BCUT2D eigenvalue weighted by atomic mass is 35.5. The van der Waals surface area contributed by atoms with Crippen LogP contribution in [0, 0.1) is 0 Å². The first-order valence-corrected chi connectivity index (χ1v) is 5.86. The van der Waals surface area contributed by atoms with E-state index < -0.39 is 6.03 Å². The Morgan fingerprint density at radius 2 is 1.82 bits per heavy atom. The zero-order valence-electron chi connectivity index (χ0n) is 9.94. The molecule has 0 spiro atoms. The number of alkyl halides is 1. The van der Waals surface area contributed by atoms with Gasteiger partial charge in [-0.3, -0.25) is 10.1 Å². The lowest BCUT2D eigenvalue weighted by atomic mass is 10.3. The molecule has 98 valence electrons. The first-order valence-electron chi connectivity index (χ1n) is 5.32. The molecule has 0 saturated carbocycles. The van der Waals surface area contributed by atoms with E-state index in [9.17, 15) is 9.59 Å². The zero-order chi connectivity index (χ0) is 12.8. The zero-order valence-corrected chi connectivity index (χ0v) is 10.7. The first kappa shape index (κ1) is 14.2. The molecule has 7 heteroatoms. The van der Waals surface area contributed by atoms with E-state index in [1.807, 2.05) is 0 Å². The average Bonchev–Trinajstić information content (AvgIpc) is 2.72. The molecular weight excluding hydrogens is 248 g/mol. The van der Waals surface area contributed by atoms with Crippen molar-refractivity contribution in [2.75, 3.05) is 33.2 Å². The van der Waals surface area contributed by atoms with Crippen molar-refractivity contribution >= 4 is 23.5 Å². The average molecular weight is 265 g/mol. The summed E-state index contributed by atoms with van der Waals surface area (Å²) in [6.45, 7) is 0.823. The van der Waals surface area contributed by atoms with Gasteiger partial charge in [0, 0.05) is 26.5 Å². The van der Waals surface area contributed by atoms with Gasteiger partial charge in [0.05, 0.1) is 13.1 Å². The second-order valence-electron chi connectivity index (χ2n) is 3.75. The molecule has 0 aromatic carbocycles. The number of amides is 3. The number of carbonyl (C=O) groups excluding carboxylic acids is 2. The molecule has 2 unspecified atom stereocenters. The fraction of sp³-hybridized carbons (Fsp3) is 0.800. The van der Waals surface area contributed by atoms with Gasteiger partial charge in [-0.15, -0.1) is 11.6 Å². The van der Waals surface area contributed by atoms with Crippen LogP contribution in [0.5, 0.6) is 0 Å². The van der Waals surface area contributed by atoms with Crippen LogP contribution in [-0.2, 0) is 14.3 Å². The molecule has 1 heterocycles. The molecule has 0 aromatic heterocycles. The molecule has 17 heavy (non-hydrogen) atoms. The van der Waals surface area contributed by atoms with Crippen LogP contribution in [0.2, 0.25) is 0 Å². The summed E-state index contributed by atoms with van der Waals surface area (Å²) in [7, 11) is 3.13. The summed E-state index contributed by atoms with van der Waals surface area (Å²) in [5, 5.41) is 2.26. The molecule has 0 radical (unpaired) electrons. The van der Waals surface area contributed by atoms with Gasteiger partial charge in [0.2, 0.25) is 5.91 Å². The molecule has 0 aliphatic carbocycles. The summed E-state index contributed by atoms with van der Waals surface area (Å²) < 4.78 is 10.4. The molecule has 1 saturated heterocycles. The number of rotatable bonds is 4. The topological polar surface area (TPSA) is 67.9 Å². The van der Waals surface area contributed by atoms with Crippen molar-refractivity contribution in [2.24, 2.45) is 0 Å². The number of nitrogens with zero attached hydrogens (tertiary/aromatic N) is 1. The maximum atomic E-state index is 11.7. The number of halogens is 1. The van der Waals surface area contributed by atoms with Crippen molar-refractivity contribution in [3.05, 3.63) is 0 Å². The Hall–Kier alpha value is -0.850. The van der Waals surface area contributed by atoms with Gasteiger partial charge >= 0.3 is 6.03 Å². The van der Waals surface area contributed by atoms with Crippen LogP contribution in [0.15, 0.2) is 0 Å². The summed E-state index contributed by atoms with van der Waals surface area (Å²) in [4.78, 5) is 24.4. The molecule has 0 aromatic rings. The minimum absolute atomic E-state index is 0.128. The number of urea groups is 1. The normalized spacial score (nSPS) is 23.8. The second-order valence-corrected chi connectivity index (χ2v) is 4.12. The quantitative estimate of drug-likeness (QED) is 0.737. The van der Waals surface area contributed by atoms with Crippen molar-refractivity contribution in [3.63, 3.8) is 0 Å². The highest BCUT2D eigenvalue weighted by molar-refractivity contribution is 6.19. The second kappa shape index (κ2) is 6.78. The Balaban J connectivity index is 2.46. The molecule has 1 aliphatic rings. The van der Waals surface area contributed by atoms with E-state index in [0.717, 1.165) is 0 Å². The number of ether oxygens (including phenoxy) is 2. The van der Waals surface area contributed by atoms with E-state index >= 15 is 0 Å². The van der Waals surface area contributed by atoms with Crippen LogP contribution in [0.25, 0.3) is 0 Å². The Bertz CT molecular complexity index is 275. The minimum atomic E-state index is -0.429. The van der Waals surface area contributed by atoms with Gasteiger partial charge in [-0.25, -0.2) is 4.79 Å². The monoisotopic (exact) mass is 264 g/mol. The maximum Gasteiger partial charge on any atom is 0.324 e. The van der Waals surface area contributed by atoms with Crippen LogP contribution in [0.1, 0.15) is 6.42 Å². The number of carbonyl (C=O) groups is 2. The van der Waals surface area contributed by atoms with Crippen molar-refractivity contribution in [3.8, 4) is 0 Å². The van der Waals surface area contributed by atoms with Gasteiger partial charge in [-0.05, 0) is 0 Å². The van der Waals surface area contributed by atoms with E-state index in [1.165, 1.54) is 4.90 Å². The van der Waals surface area contributed by atoms with Crippen molar-refractivity contribution in [1.82, 2.24) is 10.2 Å². The largest absolute Gasteiger partial charge is 0.377 e. The van der Waals surface area contributed by atoms with E-state index in [-0.39, 0.29) is 30.4 Å². The molecule has 3 amide bonds. The lowest BCUT2D eigenvalue weighted by molar-refractivity contribution is -0.119. The van der Waals surface area contributed by atoms with Gasteiger partial charge in [0.15, 0.2) is 0 Å². The van der Waals surface area contributed by atoms with Crippen LogP contribution < -0.4 is 5.32 Å². The number of methoxy groups -OCH3 is 2. The van der Waals surface area contributed by atoms with Gasteiger partial charge in [0.25, 0.3) is 0 Å². The molecule has 1 rings (SSSR count). The van der Waals surface area contributed by atoms with Gasteiger partial charge < -0.3 is 14.4 Å². The smallest absolute Gasteiger partial charge is 0.324 e. The van der Waals surface area contributed by atoms with Crippen molar-refractivity contribution < 1.29 is 19.1 Å². The summed E-state index contributed by atoms with van der Waals surface area (Å²) in [5.74, 6) is -0.180. The molecule has 2 atom stereocenters. The molecule has 0 bridgehead atoms. The fourth-order valence-corrected chi connectivity index (χ4v) is 1.88. The van der Waals surface area contributed by atoms with E-state index in [2.05, 4.69) is 5.32 Å². The summed E-state index contributed by atoms with van der Waals surface area (Å²) in [5.41, 5.74) is 0. The summed E-state index contributed by atoms with van der Waals surface area (Å²) in [6.07, 6.45) is -0.189. The SMILES string of the molecule is COC1CN(C(=O)NC(=O)CCCl)CC1OC. The molecular formula is C10H17ClN2O4. The number of hydrogen-bond acceptors (Lipinski definition) is 4. The third-order valence-corrected chi connectivity index (χ3v) is 2.86. The van der Waals surface area contributed by atoms with Crippen LogP contribution in [0.3, 0.4) is 0 Å². The molecule has 6 nitrogen and oxygen atoms in total. The van der Waals surface area contributed by atoms with Gasteiger partial charge in [-0.2, -0.15) is 0 Å². The van der Waals surface area contributed by atoms with E-state index in [0.29, 0.717) is 13.1 Å². The predicted octanol–water partition coefficient (Wildman–Crippen LogP) is 0.197. The lowest BCUT2D eigenvalue weighted by Crippen LogP contribution is -2.42. The lowest BCUT2D eigenvalue weighted by Gasteiger charge is -2.15. The molecule has 1 fully saturated rings. The summed E-state index contributed by atoms with van der Waals surface area (Å²) in [6, 6.07) is -0.429. The Morgan fingerprint density at radius 1 is 1.29 bits per heavy atom. The third-order valence-electron chi connectivity index (χ3n) is 2.68. The van der Waals surface area contributed by atoms with E-state index in [1.54, 1.807) is 14.2 Å². The van der Waals surface area contributed by atoms with Crippen LogP contribution in [-0.4, -0.2) is 62.2 Å². The predicted molar refractivity (Wildman–Crippen MR) is 62.0 cm³/mol. The fourth-order valence-electron chi connectivity index (χ4n) is 1.71. The highest BCUT2D eigenvalue weighted by Gasteiger charge is 2.35. The number of hydrogen-bond donors (Lipinski definition) is 1. The Labute approximate surface area is 105 Å². The maximum absolute atomic E-state index is 11.7. The minimum Gasteiger partial charge on any atom is -0.377 e. The number of imide groups is 1. The Morgan fingerprint density at radius 3 is 2.24 bits per heavy atom. The third kappa shape index (κ3) is 3.83. The number of nitrogens with one attached hydrogen (secondary N) is 1.